The van der Waals surface area contributed by atoms with Crippen LogP contribution in [0.5, 0.6) is 0 Å². The second kappa shape index (κ2) is 7.29. The second-order valence-electron chi connectivity index (χ2n) is 6.64. The van der Waals surface area contributed by atoms with Gasteiger partial charge < -0.3 is 5.73 Å². The summed E-state index contributed by atoms with van der Waals surface area (Å²) in [5.41, 5.74) is 8.27. The third-order valence-electron chi connectivity index (χ3n) is 4.66. The Kier molecular flexibility index (Phi) is 5.03. The molecule has 2 N–H and O–H groups in total. The van der Waals surface area contributed by atoms with E-state index in [2.05, 4.69) is 32.8 Å². The van der Waals surface area contributed by atoms with Crippen LogP contribution in [0.2, 0.25) is 0 Å². The first-order valence-electron chi connectivity index (χ1n) is 8.50. The molecule has 0 saturated heterocycles. The van der Waals surface area contributed by atoms with Crippen molar-refractivity contribution in [3.05, 3.63) is 44.7 Å². The smallest absolute Gasteiger partial charge is 0.191 e. The number of anilines is 1. The number of carbonyl (C=O) groups is 1. The van der Waals surface area contributed by atoms with E-state index in [0.717, 1.165) is 27.5 Å². The first-order valence-corrected chi connectivity index (χ1v) is 11.1. The summed E-state index contributed by atoms with van der Waals surface area (Å²) >= 11 is 6.46. The summed E-state index contributed by atoms with van der Waals surface area (Å²) in [5.74, 6) is 1.61. The van der Waals surface area contributed by atoms with E-state index < -0.39 is 0 Å². The molecule has 2 heterocycles. The Balaban J connectivity index is 1.56. The molecule has 7 heteroatoms. The third kappa shape index (κ3) is 3.52. The molecule has 4 nitrogen and oxygen atoms in total. The highest BCUT2D eigenvalue weighted by Gasteiger charge is 2.23. The molecule has 0 aliphatic heterocycles. The number of halogens is 1. The van der Waals surface area contributed by atoms with Crippen LogP contribution in [0, 0.1) is 5.92 Å². The molecule has 1 aliphatic carbocycles. The van der Waals surface area contributed by atoms with E-state index in [4.69, 9.17) is 5.73 Å². The lowest BCUT2D eigenvalue weighted by Gasteiger charge is -2.17. The molecule has 2 aromatic heterocycles. The lowest BCUT2D eigenvalue weighted by atomic mass is 9.89. The lowest BCUT2D eigenvalue weighted by molar-refractivity contribution is 0.102. The lowest BCUT2D eigenvalue weighted by Crippen LogP contribution is -2.09. The van der Waals surface area contributed by atoms with Crippen LogP contribution in [0.4, 0.5) is 5.82 Å². The quantitative estimate of drug-likeness (QED) is 0.340. The molecule has 1 atom stereocenters. The molecule has 0 unspecified atom stereocenters. The number of aryl methyl sites for hydroxylation is 1. The van der Waals surface area contributed by atoms with Crippen molar-refractivity contribution >= 4 is 60.8 Å². The van der Waals surface area contributed by atoms with Gasteiger partial charge in [0.1, 0.15) is 10.6 Å². The Morgan fingerprint density at radius 3 is 2.88 bits per heavy atom. The van der Waals surface area contributed by atoms with Gasteiger partial charge in [-0.3, -0.25) is 4.79 Å². The summed E-state index contributed by atoms with van der Waals surface area (Å²) in [4.78, 5) is 23.8. The van der Waals surface area contributed by atoms with E-state index in [0.29, 0.717) is 28.2 Å². The summed E-state index contributed by atoms with van der Waals surface area (Å²) in [7, 11) is 0. The number of rotatable bonds is 4. The zero-order valence-electron chi connectivity index (χ0n) is 14.3. The number of hydrogen-bond acceptors (Lipinski definition) is 6. The van der Waals surface area contributed by atoms with E-state index >= 15 is 0 Å². The number of hydrogen-bond donors (Lipinski definition) is 1. The molecule has 0 spiro atoms. The van der Waals surface area contributed by atoms with Gasteiger partial charge in [-0.15, -0.1) is 11.3 Å². The molecule has 0 bridgehead atoms. The number of aromatic nitrogens is 2. The highest BCUT2D eigenvalue weighted by atomic mass is 79.9. The summed E-state index contributed by atoms with van der Waals surface area (Å²) in [6, 6.07) is 7.38. The van der Waals surface area contributed by atoms with E-state index in [1.165, 1.54) is 28.6 Å². The molecule has 4 rings (SSSR count). The predicted octanol–water partition coefficient (Wildman–Crippen LogP) is 5.14. The highest BCUT2D eigenvalue weighted by molar-refractivity contribution is 9.10. The van der Waals surface area contributed by atoms with Crippen molar-refractivity contribution in [3.63, 3.8) is 0 Å². The largest absolute Gasteiger partial charge is 0.383 e. The van der Waals surface area contributed by atoms with Gasteiger partial charge in [0, 0.05) is 14.9 Å². The molecule has 26 heavy (non-hydrogen) atoms. The first kappa shape index (κ1) is 17.9. The Morgan fingerprint density at radius 2 is 2.12 bits per heavy atom. The van der Waals surface area contributed by atoms with Crippen molar-refractivity contribution < 1.29 is 4.79 Å². The standard InChI is InChI=1S/C19H18BrN3OS2/c1-10-2-7-13-15(8-10)26-18-16(13)17(21)22-19(23-18)25-9-14(24)11-3-5-12(20)6-4-11/h3-6,10H,2,7-9H2,1H3,(H2,21,22,23)/t10-/m1/s1. The molecule has 3 aromatic rings. The average Bonchev–Trinajstić information content (AvgIpc) is 2.98. The van der Waals surface area contributed by atoms with E-state index in [-0.39, 0.29) is 5.78 Å². The number of nitrogens with zero attached hydrogens (tertiary/aromatic N) is 2. The van der Waals surface area contributed by atoms with Crippen LogP contribution < -0.4 is 5.73 Å². The van der Waals surface area contributed by atoms with Gasteiger partial charge in [-0.2, -0.15) is 0 Å². The second-order valence-corrected chi connectivity index (χ2v) is 9.58. The molecule has 1 aromatic carbocycles. The number of carbonyl (C=O) groups excluding carboxylic acids is 1. The molecule has 134 valence electrons. The zero-order valence-corrected chi connectivity index (χ0v) is 17.5. The number of nitrogens with two attached hydrogens (primary N) is 1. The Hall–Kier alpha value is -1.44. The number of thioether (sulfide) groups is 1. The van der Waals surface area contributed by atoms with Crippen molar-refractivity contribution in [3.8, 4) is 0 Å². The van der Waals surface area contributed by atoms with E-state index in [1.807, 2.05) is 24.3 Å². The molecule has 0 fully saturated rings. The van der Waals surface area contributed by atoms with Crippen LogP contribution in [0.15, 0.2) is 33.9 Å². The van der Waals surface area contributed by atoms with Crippen LogP contribution >= 0.6 is 39.0 Å². The minimum Gasteiger partial charge on any atom is -0.383 e. The SMILES string of the molecule is C[C@@H]1CCc2c(sc3nc(SCC(=O)c4ccc(Br)cc4)nc(N)c23)C1. The number of ketones is 1. The van der Waals surface area contributed by atoms with Crippen molar-refractivity contribution in [1.82, 2.24) is 9.97 Å². The van der Waals surface area contributed by atoms with Crippen molar-refractivity contribution in [1.29, 1.82) is 0 Å². The van der Waals surface area contributed by atoms with Gasteiger partial charge in [0.25, 0.3) is 0 Å². The monoisotopic (exact) mass is 447 g/mol. The zero-order chi connectivity index (χ0) is 18.3. The Morgan fingerprint density at radius 1 is 1.35 bits per heavy atom. The maximum Gasteiger partial charge on any atom is 0.191 e. The Labute approximate surface area is 168 Å². The predicted molar refractivity (Wildman–Crippen MR) is 112 cm³/mol. The summed E-state index contributed by atoms with van der Waals surface area (Å²) < 4.78 is 0.958. The van der Waals surface area contributed by atoms with Gasteiger partial charge in [0.05, 0.1) is 11.1 Å². The molecular weight excluding hydrogens is 430 g/mol. The van der Waals surface area contributed by atoms with Gasteiger partial charge in [-0.1, -0.05) is 46.7 Å². The number of Topliss-reactive ketones (excluding diaryl/α,β-unsaturated/α-hetero) is 1. The summed E-state index contributed by atoms with van der Waals surface area (Å²) in [6.07, 6.45) is 3.34. The highest BCUT2D eigenvalue weighted by Crippen LogP contribution is 2.39. The van der Waals surface area contributed by atoms with Crippen LogP contribution in [-0.4, -0.2) is 21.5 Å². The minimum absolute atomic E-state index is 0.0593. The Bertz CT molecular complexity index is 985. The third-order valence-corrected chi connectivity index (χ3v) is 7.19. The molecule has 1 aliphatic rings. The molecule has 0 amide bonds. The van der Waals surface area contributed by atoms with E-state index in [9.17, 15) is 4.79 Å². The molecule has 0 saturated carbocycles. The fraction of sp³-hybridized carbons (Fsp3) is 0.316. The minimum atomic E-state index is 0.0593. The fourth-order valence-electron chi connectivity index (χ4n) is 3.26. The fourth-order valence-corrected chi connectivity index (χ4v) is 5.72. The molecular formula is C19H18BrN3OS2. The average molecular weight is 448 g/mol. The number of benzene rings is 1. The number of nitrogen functional groups attached to an aromatic ring is 1. The molecule has 0 radical (unpaired) electrons. The van der Waals surface area contributed by atoms with Crippen molar-refractivity contribution in [2.45, 2.75) is 31.3 Å². The van der Waals surface area contributed by atoms with Gasteiger partial charge in [-0.05, 0) is 42.9 Å². The van der Waals surface area contributed by atoms with Crippen LogP contribution in [0.3, 0.4) is 0 Å². The summed E-state index contributed by atoms with van der Waals surface area (Å²) in [6.45, 7) is 2.29. The van der Waals surface area contributed by atoms with Gasteiger partial charge in [-0.25, -0.2) is 9.97 Å². The summed E-state index contributed by atoms with van der Waals surface area (Å²) in [5, 5.41) is 1.60. The van der Waals surface area contributed by atoms with Crippen LogP contribution in [-0.2, 0) is 12.8 Å². The first-order chi connectivity index (χ1) is 12.5. The van der Waals surface area contributed by atoms with Crippen molar-refractivity contribution in [2.24, 2.45) is 5.92 Å². The van der Waals surface area contributed by atoms with Crippen LogP contribution in [0.25, 0.3) is 10.2 Å². The van der Waals surface area contributed by atoms with Gasteiger partial charge in [0.2, 0.25) is 0 Å². The van der Waals surface area contributed by atoms with Gasteiger partial charge in [0.15, 0.2) is 10.9 Å². The number of thiophene rings is 1. The van der Waals surface area contributed by atoms with Gasteiger partial charge >= 0.3 is 0 Å². The number of fused-ring (bicyclic) bond motifs is 3. The van der Waals surface area contributed by atoms with Crippen LogP contribution in [0.1, 0.15) is 34.1 Å². The maximum absolute atomic E-state index is 12.4. The van der Waals surface area contributed by atoms with Crippen molar-refractivity contribution in [2.75, 3.05) is 11.5 Å². The van der Waals surface area contributed by atoms with E-state index in [1.54, 1.807) is 11.3 Å². The topological polar surface area (TPSA) is 68.9 Å². The normalized spacial score (nSPS) is 16.6. The maximum atomic E-state index is 12.4.